The molecule has 0 aliphatic carbocycles. The van der Waals surface area contributed by atoms with Gasteiger partial charge in [0.2, 0.25) is 5.91 Å². The van der Waals surface area contributed by atoms with Crippen LogP contribution in [-0.2, 0) is 21.4 Å². The van der Waals surface area contributed by atoms with E-state index in [4.69, 9.17) is 9.84 Å². The molecule has 100 valence electrons. The van der Waals surface area contributed by atoms with Gasteiger partial charge in [-0.3, -0.25) is 9.48 Å². The molecule has 1 amide bonds. The fourth-order valence-corrected chi connectivity index (χ4v) is 1.32. The lowest BCUT2D eigenvalue weighted by Gasteiger charge is -2.13. The lowest BCUT2D eigenvalue weighted by atomic mass is 10.1. The highest BCUT2D eigenvalue weighted by Crippen LogP contribution is 2.11. The molecule has 1 unspecified atom stereocenters. The third-order valence-corrected chi connectivity index (χ3v) is 2.16. The molecule has 1 aromatic rings. The van der Waals surface area contributed by atoms with Crippen LogP contribution < -0.4 is 5.32 Å². The van der Waals surface area contributed by atoms with E-state index in [0.717, 1.165) is 0 Å². The number of rotatable bonds is 6. The van der Waals surface area contributed by atoms with E-state index in [1.54, 1.807) is 27.1 Å². The van der Waals surface area contributed by atoms with E-state index in [0.29, 0.717) is 5.56 Å². The Morgan fingerprint density at radius 2 is 2.22 bits per heavy atom. The number of carbonyl (C=O) groups is 2. The van der Waals surface area contributed by atoms with Crippen LogP contribution in [0.4, 0.5) is 0 Å². The molecule has 7 heteroatoms. The molecule has 18 heavy (non-hydrogen) atoms. The summed E-state index contributed by atoms with van der Waals surface area (Å²) in [6.07, 6.45) is 2.86. The van der Waals surface area contributed by atoms with Gasteiger partial charge in [0.1, 0.15) is 6.61 Å². The minimum atomic E-state index is -1.14. The SMILES string of the molecule is CC(C)OCC(=O)NC(C(=O)O)c1cnn(C)c1. The number of carbonyl (C=O) groups excluding carboxylic acids is 1. The van der Waals surface area contributed by atoms with Crippen LogP contribution in [0.25, 0.3) is 0 Å². The highest BCUT2D eigenvalue weighted by molar-refractivity contribution is 5.85. The fraction of sp³-hybridized carbons (Fsp3) is 0.545. The van der Waals surface area contributed by atoms with Gasteiger partial charge < -0.3 is 15.2 Å². The van der Waals surface area contributed by atoms with E-state index >= 15 is 0 Å². The van der Waals surface area contributed by atoms with E-state index in [9.17, 15) is 9.59 Å². The third-order valence-electron chi connectivity index (χ3n) is 2.16. The summed E-state index contributed by atoms with van der Waals surface area (Å²) in [6, 6.07) is -1.11. The van der Waals surface area contributed by atoms with Crippen LogP contribution in [0, 0.1) is 0 Å². The lowest BCUT2D eigenvalue weighted by Crippen LogP contribution is -2.36. The summed E-state index contributed by atoms with van der Waals surface area (Å²) in [6.45, 7) is 3.42. The Morgan fingerprint density at radius 1 is 1.56 bits per heavy atom. The summed E-state index contributed by atoms with van der Waals surface area (Å²) in [5.74, 6) is -1.61. The van der Waals surface area contributed by atoms with Gasteiger partial charge in [-0.1, -0.05) is 0 Å². The van der Waals surface area contributed by atoms with Crippen LogP contribution in [0.5, 0.6) is 0 Å². The molecule has 0 spiro atoms. The van der Waals surface area contributed by atoms with Crippen molar-refractivity contribution in [1.29, 1.82) is 0 Å². The Labute approximate surface area is 105 Å². The van der Waals surface area contributed by atoms with E-state index in [1.165, 1.54) is 10.9 Å². The molecule has 0 fully saturated rings. The number of ether oxygens (including phenoxy) is 1. The predicted octanol–water partition coefficient (Wildman–Crippen LogP) is 0.0870. The zero-order chi connectivity index (χ0) is 13.7. The number of aromatic nitrogens is 2. The second-order valence-electron chi connectivity index (χ2n) is 4.15. The molecule has 0 aliphatic heterocycles. The Balaban J connectivity index is 2.64. The maximum absolute atomic E-state index is 11.5. The summed E-state index contributed by atoms with van der Waals surface area (Å²) in [5.41, 5.74) is 0.419. The number of aryl methyl sites for hydroxylation is 1. The first-order valence-corrected chi connectivity index (χ1v) is 5.52. The molecule has 0 saturated heterocycles. The zero-order valence-corrected chi connectivity index (χ0v) is 10.6. The van der Waals surface area contributed by atoms with Crippen molar-refractivity contribution in [2.75, 3.05) is 6.61 Å². The first-order valence-electron chi connectivity index (χ1n) is 5.52. The molecule has 0 aromatic carbocycles. The predicted molar refractivity (Wildman–Crippen MR) is 62.8 cm³/mol. The maximum Gasteiger partial charge on any atom is 0.331 e. The summed E-state index contributed by atoms with van der Waals surface area (Å²) in [7, 11) is 1.67. The van der Waals surface area contributed by atoms with Crippen LogP contribution in [0.3, 0.4) is 0 Å². The second kappa shape index (κ2) is 6.15. The first-order chi connectivity index (χ1) is 8.40. The first kappa shape index (κ1) is 14.2. The largest absolute Gasteiger partial charge is 0.479 e. The van der Waals surface area contributed by atoms with Crippen molar-refractivity contribution in [3.8, 4) is 0 Å². The van der Waals surface area contributed by atoms with Gasteiger partial charge in [-0.25, -0.2) is 4.79 Å². The number of amides is 1. The maximum atomic E-state index is 11.5. The van der Waals surface area contributed by atoms with E-state index < -0.39 is 17.9 Å². The van der Waals surface area contributed by atoms with Crippen molar-refractivity contribution >= 4 is 11.9 Å². The highest BCUT2D eigenvalue weighted by Gasteiger charge is 2.23. The lowest BCUT2D eigenvalue weighted by molar-refractivity contribution is -0.143. The Bertz CT molecular complexity index is 428. The number of nitrogens with zero attached hydrogens (tertiary/aromatic N) is 2. The highest BCUT2D eigenvalue weighted by atomic mass is 16.5. The van der Waals surface area contributed by atoms with Crippen LogP contribution in [-0.4, -0.2) is 39.5 Å². The van der Waals surface area contributed by atoms with Crippen molar-refractivity contribution in [3.63, 3.8) is 0 Å². The number of hydrogen-bond donors (Lipinski definition) is 2. The number of aliphatic carboxylic acids is 1. The summed E-state index contributed by atoms with van der Waals surface area (Å²) < 4.78 is 6.57. The number of hydrogen-bond acceptors (Lipinski definition) is 4. The molecule has 2 N–H and O–H groups in total. The standard InChI is InChI=1S/C11H17N3O4/c1-7(2)18-6-9(15)13-10(11(16)17)8-4-12-14(3)5-8/h4-5,7,10H,6H2,1-3H3,(H,13,15)(H,16,17). The number of carboxylic acid groups (broad SMARTS) is 1. The molecule has 0 saturated carbocycles. The van der Waals surface area contributed by atoms with Crippen molar-refractivity contribution < 1.29 is 19.4 Å². The zero-order valence-electron chi connectivity index (χ0n) is 10.6. The van der Waals surface area contributed by atoms with E-state index in [2.05, 4.69) is 10.4 Å². The molecule has 1 aromatic heterocycles. The molecular formula is C11H17N3O4. The molecular weight excluding hydrogens is 238 g/mol. The van der Waals surface area contributed by atoms with Gasteiger partial charge in [0.15, 0.2) is 6.04 Å². The third kappa shape index (κ3) is 4.17. The van der Waals surface area contributed by atoms with Crippen molar-refractivity contribution in [2.45, 2.75) is 26.0 Å². The van der Waals surface area contributed by atoms with Gasteiger partial charge in [0.05, 0.1) is 12.3 Å². The Hall–Kier alpha value is -1.89. The molecule has 1 rings (SSSR count). The topological polar surface area (TPSA) is 93.4 Å². The van der Waals surface area contributed by atoms with Crippen LogP contribution in [0.1, 0.15) is 25.5 Å². The monoisotopic (exact) mass is 255 g/mol. The van der Waals surface area contributed by atoms with Crippen molar-refractivity contribution in [3.05, 3.63) is 18.0 Å². The van der Waals surface area contributed by atoms with Crippen molar-refractivity contribution in [2.24, 2.45) is 7.05 Å². The van der Waals surface area contributed by atoms with Crippen LogP contribution >= 0.6 is 0 Å². The number of carboxylic acids is 1. The van der Waals surface area contributed by atoms with Gasteiger partial charge in [-0.05, 0) is 13.8 Å². The normalized spacial score (nSPS) is 12.4. The molecule has 1 heterocycles. The fourth-order valence-electron chi connectivity index (χ4n) is 1.32. The summed E-state index contributed by atoms with van der Waals surface area (Å²) in [4.78, 5) is 22.6. The number of nitrogens with one attached hydrogen (secondary N) is 1. The van der Waals surface area contributed by atoms with Crippen molar-refractivity contribution in [1.82, 2.24) is 15.1 Å². The summed E-state index contributed by atoms with van der Waals surface area (Å²) >= 11 is 0. The molecule has 0 bridgehead atoms. The van der Waals surface area contributed by atoms with Crippen LogP contribution in [0.2, 0.25) is 0 Å². The smallest absolute Gasteiger partial charge is 0.331 e. The van der Waals surface area contributed by atoms with E-state index in [1.807, 2.05) is 0 Å². The molecule has 1 atom stereocenters. The molecule has 7 nitrogen and oxygen atoms in total. The minimum Gasteiger partial charge on any atom is -0.479 e. The quantitative estimate of drug-likeness (QED) is 0.751. The van der Waals surface area contributed by atoms with Gasteiger partial charge in [-0.15, -0.1) is 0 Å². The summed E-state index contributed by atoms with van der Waals surface area (Å²) in [5, 5.41) is 15.3. The average molecular weight is 255 g/mol. The molecule has 0 aliphatic rings. The Morgan fingerprint density at radius 3 is 2.67 bits per heavy atom. The van der Waals surface area contributed by atoms with Gasteiger partial charge >= 0.3 is 5.97 Å². The van der Waals surface area contributed by atoms with Gasteiger partial charge in [0.25, 0.3) is 0 Å². The van der Waals surface area contributed by atoms with E-state index in [-0.39, 0.29) is 12.7 Å². The molecule has 0 radical (unpaired) electrons. The van der Waals surface area contributed by atoms with Gasteiger partial charge in [-0.2, -0.15) is 5.10 Å². The van der Waals surface area contributed by atoms with Crippen LogP contribution in [0.15, 0.2) is 12.4 Å². The second-order valence-corrected chi connectivity index (χ2v) is 4.15. The minimum absolute atomic E-state index is 0.0857. The van der Waals surface area contributed by atoms with Gasteiger partial charge in [0, 0.05) is 18.8 Å². The Kier molecular flexibility index (Phi) is 4.85. The average Bonchev–Trinajstić information content (AvgIpc) is 2.69.